The summed E-state index contributed by atoms with van der Waals surface area (Å²) in [6, 6.07) is 11.2. The van der Waals surface area contributed by atoms with Crippen molar-refractivity contribution in [2.75, 3.05) is 19.8 Å². The summed E-state index contributed by atoms with van der Waals surface area (Å²) in [7, 11) is 0. The van der Waals surface area contributed by atoms with Crippen LogP contribution in [0.25, 0.3) is 6.08 Å². The van der Waals surface area contributed by atoms with Crippen LogP contribution >= 0.6 is 11.8 Å². The van der Waals surface area contributed by atoms with Gasteiger partial charge in [0.15, 0.2) is 16.7 Å². The Labute approximate surface area is 179 Å². The number of thioether (sulfide) groups is 1. The molecule has 0 radical (unpaired) electrons. The van der Waals surface area contributed by atoms with E-state index in [9.17, 15) is 9.18 Å². The Bertz CT molecular complexity index is 1030. The van der Waals surface area contributed by atoms with Crippen LogP contribution in [0, 0.1) is 18.2 Å². The molecule has 1 heterocycles. The maximum absolute atomic E-state index is 13.1. The van der Waals surface area contributed by atoms with Crippen LogP contribution in [-0.4, -0.2) is 35.7 Å². The van der Waals surface area contributed by atoms with Gasteiger partial charge in [0.25, 0.3) is 5.91 Å². The van der Waals surface area contributed by atoms with E-state index in [0.29, 0.717) is 40.4 Å². The summed E-state index contributed by atoms with van der Waals surface area (Å²) in [5.41, 5.74) is 1.38. The zero-order valence-corrected chi connectivity index (χ0v) is 17.5. The third kappa shape index (κ3) is 5.02. The Morgan fingerprint density at radius 3 is 2.60 bits per heavy atom. The van der Waals surface area contributed by atoms with Gasteiger partial charge in [0, 0.05) is 6.54 Å². The molecule has 0 atom stereocenters. The average molecular weight is 424 g/mol. The lowest BCUT2D eigenvalue weighted by atomic mass is 10.2. The van der Waals surface area contributed by atoms with Crippen molar-refractivity contribution in [1.29, 1.82) is 0 Å². The van der Waals surface area contributed by atoms with E-state index in [1.54, 1.807) is 29.2 Å². The number of benzene rings is 2. The molecule has 1 saturated heterocycles. The molecular formula is C23H21FN2O3S. The zero-order chi connectivity index (χ0) is 21.5. The number of carbonyl (C=O) groups excluding carboxylic acids is 1. The Hall–Kier alpha value is -3.24. The quantitative estimate of drug-likeness (QED) is 0.471. The number of halogens is 1. The van der Waals surface area contributed by atoms with Crippen LogP contribution in [0.15, 0.2) is 52.4 Å². The summed E-state index contributed by atoms with van der Waals surface area (Å²) in [4.78, 5) is 19.5. The molecule has 1 fully saturated rings. The van der Waals surface area contributed by atoms with E-state index >= 15 is 0 Å². The molecule has 154 valence electrons. The topological polar surface area (TPSA) is 51.1 Å². The van der Waals surface area contributed by atoms with Crippen LogP contribution in [-0.2, 0) is 4.79 Å². The highest BCUT2D eigenvalue weighted by Crippen LogP contribution is 2.35. The molecule has 0 aromatic heterocycles. The Morgan fingerprint density at radius 2 is 1.93 bits per heavy atom. The molecule has 0 unspecified atom stereocenters. The molecule has 7 heteroatoms. The Balaban J connectivity index is 1.89. The predicted molar refractivity (Wildman–Crippen MR) is 118 cm³/mol. The SMILES string of the molecule is C#CCOc1ccc(/C=C2/SC(=Nc3ccc(F)cc3)N(CC)C2=O)cc1OCC. The molecule has 0 saturated carbocycles. The standard InChI is InChI=1S/C23H21FN2O3S/c1-4-13-29-19-12-7-16(14-20(19)28-6-3)15-21-22(27)26(5-2)23(30-21)25-18-10-8-17(24)9-11-18/h1,7-12,14-15H,5-6,13H2,2-3H3/b21-15+,25-23?. The van der Waals surface area contributed by atoms with Crippen molar-refractivity contribution in [3.63, 3.8) is 0 Å². The van der Waals surface area contributed by atoms with Gasteiger partial charge in [-0.15, -0.1) is 6.42 Å². The van der Waals surface area contributed by atoms with Crippen molar-refractivity contribution in [2.45, 2.75) is 13.8 Å². The number of amides is 1. The summed E-state index contributed by atoms with van der Waals surface area (Å²) in [6.45, 7) is 4.85. The number of aliphatic imine (C=N–C) groups is 1. The second-order valence-electron chi connectivity index (χ2n) is 6.16. The molecule has 3 rings (SSSR count). The summed E-state index contributed by atoms with van der Waals surface area (Å²) >= 11 is 1.28. The Kier molecular flexibility index (Phi) is 7.15. The predicted octanol–water partition coefficient (Wildman–Crippen LogP) is 4.86. The molecule has 2 aromatic carbocycles. The molecule has 5 nitrogen and oxygen atoms in total. The van der Waals surface area contributed by atoms with Crippen molar-refractivity contribution in [3.8, 4) is 23.8 Å². The van der Waals surface area contributed by atoms with Gasteiger partial charge in [-0.25, -0.2) is 9.38 Å². The molecule has 0 N–H and O–H groups in total. The fourth-order valence-electron chi connectivity index (χ4n) is 2.77. The number of terminal acetylenes is 1. The zero-order valence-electron chi connectivity index (χ0n) is 16.7. The van der Waals surface area contributed by atoms with E-state index in [4.69, 9.17) is 15.9 Å². The third-order valence-electron chi connectivity index (χ3n) is 4.13. The van der Waals surface area contributed by atoms with E-state index < -0.39 is 0 Å². The van der Waals surface area contributed by atoms with Crippen molar-refractivity contribution in [1.82, 2.24) is 4.90 Å². The average Bonchev–Trinajstić information content (AvgIpc) is 3.03. The van der Waals surface area contributed by atoms with Crippen LogP contribution < -0.4 is 9.47 Å². The van der Waals surface area contributed by atoms with Crippen molar-refractivity contribution >= 4 is 34.6 Å². The highest BCUT2D eigenvalue weighted by molar-refractivity contribution is 8.18. The number of likely N-dealkylation sites (N-methyl/N-ethyl adjacent to an activating group) is 1. The highest BCUT2D eigenvalue weighted by atomic mass is 32.2. The lowest BCUT2D eigenvalue weighted by Gasteiger charge is -2.12. The van der Waals surface area contributed by atoms with Crippen molar-refractivity contribution in [3.05, 3.63) is 58.8 Å². The number of amidine groups is 1. The first kappa shape index (κ1) is 21.5. The van der Waals surface area contributed by atoms with Gasteiger partial charge in [-0.3, -0.25) is 9.69 Å². The number of nitrogens with zero attached hydrogens (tertiary/aromatic N) is 2. The first-order valence-corrected chi connectivity index (χ1v) is 10.3. The highest BCUT2D eigenvalue weighted by Gasteiger charge is 2.32. The van der Waals surface area contributed by atoms with E-state index in [2.05, 4.69) is 10.9 Å². The van der Waals surface area contributed by atoms with E-state index in [-0.39, 0.29) is 18.3 Å². The molecule has 0 bridgehead atoms. The lowest BCUT2D eigenvalue weighted by Crippen LogP contribution is -2.28. The van der Waals surface area contributed by atoms with Crippen molar-refractivity contribution in [2.24, 2.45) is 4.99 Å². The summed E-state index contributed by atoms with van der Waals surface area (Å²) in [5, 5.41) is 0.555. The van der Waals surface area contributed by atoms with Gasteiger partial charge in [-0.05, 0) is 73.6 Å². The maximum atomic E-state index is 13.1. The number of ether oxygens (including phenoxy) is 2. The van der Waals surface area contributed by atoms with E-state index in [1.165, 1.54) is 23.9 Å². The largest absolute Gasteiger partial charge is 0.490 e. The smallest absolute Gasteiger partial charge is 0.266 e. The van der Waals surface area contributed by atoms with Crippen LogP contribution in [0.3, 0.4) is 0 Å². The summed E-state index contributed by atoms with van der Waals surface area (Å²) in [6.07, 6.45) is 7.04. The first-order valence-electron chi connectivity index (χ1n) is 9.44. The summed E-state index contributed by atoms with van der Waals surface area (Å²) in [5.74, 6) is 3.08. The van der Waals surface area contributed by atoms with Crippen LogP contribution in [0.2, 0.25) is 0 Å². The number of hydrogen-bond donors (Lipinski definition) is 0. The third-order valence-corrected chi connectivity index (χ3v) is 5.14. The van der Waals surface area contributed by atoms with Crippen LogP contribution in [0.1, 0.15) is 19.4 Å². The molecule has 1 amide bonds. The first-order chi connectivity index (χ1) is 14.5. The van der Waals surface area contributed by atoms with E-state index in [1.807, 2.05) is 26.0 Å². The molecule has 0 spiro atoms. The van der Waals surface area contributed by atoms with Gasteiger partial charge in [0.2, 0.25) is 0 Å². The van der Waals surface area contributed by atoms with Crippen LogP contribution in [0.5, 0.6) is 11.5 Å². The Morgan fingerprint density at radius 1 is 1.17 bits per heavy atom. The van der Waals surface area contributed by atoms with Crippen LogP contribution in [0.4, 0.5) is 10.1 Å². The molecule has 30 heavy (non-hydrogen) atoms. The number of hydrogen-bond acceptors (Lipinski definition) is 5. The minimum absolute atomic E-state index is 0.131. The lowest BCUT2D eigenvalue weighted by molar-refractivity contribution is -0.122. The normalized spacial score (nSPS) is 16.2. The second kappa shape index (κ2) is 9.99. The molecule has 1 aliphatic heterocycles. The van der Waals surface area contributed by atoms with Crippen molar-refractivity contribution < 1.29 is 18.7 Å². The molecular weight excluding hydrogens is 403 g/mol. The fraction of sp³-hybridized carbons (Fsp3) is 0.217. The van der Waals surface area contributed by atoms with Gasteiger partial charge in [0.05, 0.1) is 17.2 Å². The van der Waals surface area contributed by atoms with Gasteiger partial charge >= 0.3 is 0 Å². The maximum Gasteiger partial charge on any atom is 0.266 e. The molecule has 2 aromatic rings. The minimum atomic E-state index is -0.332. The summed E-state index contributed by atoms with van der Waals surface area (Å²) < 4.78 is 24.3. The number of rotatable bonds is 7. The number of carbonyl (C=O) groups is 1. The van der Waals surface area contributed by atoms with Gasteiger partial charge < -0.3 is 9.47 Å². The minimum Gasteiger partial charge on any atom is -0.490 e. The molecule has 0 aliphatic carbocycles. The van der Waals surface area contributed by atoms with Gasteiger partial charge in [-0.1, -0.05) is 12.0 Å². The van der Waals surface area contributed by atoms with E-state index in [0.717, 1.165) is 5.56 Å². The molecule has 1 aliphatic rings. The monoisotopic (exact) mass is 424 g/mol. The fourth-order valence-corrected chi connectivity index (χ4v) is 3.83. The van der Waals surface area contributed by atoms with Gasteiger partial charge in [0.1, 0.15) is 12.4 Å². The van der Waals surface area contributed by atoms with Gasteiger partial charge in [-0.2, -0.15) is 0 Å². The second-order valence-corrected chi connectivity index (χ2v) is 7.17.